The van der Waals surface area contributed by atoms with Crippen molar-refractivity contribution in [3.8, 4) is 0 Å². The number of Topliss-reactive ketones (excluding diaryl/α,β-unsaturated/α-hetero) is 1. The van der Waals surface area contributed by atoms with Crippen molar-refractivity contribution in [3.05, 3.63) is 86.8 Å². The molecule has 1 heterocycles. The van der Waals surface area contributed by atoms with E-state index in [-0.39, 0.29) is 5.78 Å². The molecule has 0 bridgehead atoms. The summed E-state index contributed by atoms with van der Waals surface area (Å²) in [7, 11) is 0. The van der Waals surface area contributed by atoms with E-state index in [0.717, 1.165) is 29.3 Å². The summed E-state index contributed by atoms with van der Waals surface area (Å²) in [5, 5.41) is 0. The number of nitrogens with zero attached hydrogens (tertiary/aromatic N) is 1. The van der Waals surface area contributed by atoms with E-state index in [1.807, 2.05) is 48.5 Å². The standard InChI is InChI=1S/C21H13Br2NOS2/c22-15-10-14(11-16(23)12-15)19(25)9-13-5-7-17(8-6-13)26-21-24-18-3-1-2-4-20(18)27-21/h1-8,10-12H,9H2. The van der Waals surface area contributed by atoms with Crippen molar-refractivity contribution in [1.29, 1.82) is 0 Å². The van der Waals surface area contributed by atoms with E-state index in [1.165, 1.54) is 4.70 Å². The van der Waals surface area contributed by atoms with Crippen molar-refractivity contribution >= 4 is 71.0 Å². The van der Waals surface area contributed by atoms with Gasteiger partial charge in [0.1, 0.15) is 0 Å². The van der Waals surface area contributed by atoms with Gasteiger partial charge in [-0.3, -0.25) is 4.79 Å². The number of hydrogen-bond acceptors (Lipinski definition) is 4. The average Bonchev–Trinajstić information content (AvgIpc) is 3.05. The first-order valence-corrected chi connectivity index (χ1v) is 11.4. The SMILES string of the molecule is O=C(Cc1ccc(Sc2nc3ccccc3s2)cc1)c1cc(Br)cc(Br)c1. The molecule has 4 rings (SSSR count). The maximum atomic E-state index is 12.5. The van der Waals surface area contributed by atoms with Crippen LogP contribution in [0.15, 0.2) is 84.9 Å². The van der Waals surface area contributed by atoms with Crippen molar-refractivity contribution < 1.29 is 4.79 Å². The molecule has 0 N–H and O–H groups in total. The van der Waals surface area contributed by atoms with E-state index in [2.05, 4.69) is 55.0 Å². The van der Waals surface area contributed by atoms with Crippen molar-refractivity contribution in [3.63, 3.8) is 0 Å². The van der Waals surface area contributed by atoms with Gasteiger partial charge in [-0.05, 0) is 48.0 Å². The molecule has 6 heteroatoms. The molecule has 0 spiro atoms. The molecule has 3 aromatic carbocycles. The quantitative estimate of drug-likeness (QED) is 0.258. The van der Waals surface area contributed by atoms with Gasteiger partial charge in [0.15, 0.2) is 10.1 Å². The number of benzene rings is 3. The van der Waals surface area contributed by atoms with Gasteiger partial charge in [0, 0.05) is 25.8 Å². The summed E-state index contributed by atoms with van der Waals surface area (Å²) in [4.78, 5) is 18.3. The molecule has 0 unspecified atom stereocenters. The third kappa shape index (κ3) is 4.69. The van der Waals surface area contributed by atoms with Crippen molar-refractivity contribution in [2.75, 3.05) is 0 Å². The largest absolute Gasteiger partial charge is 0.294 e. The highest BCUT2D eigenvalue weighted by molar-refractivity contribution is 9.11. The lowest BCUT2D eigenvalue weighted by atomic mass is 10.0. The molecule has 0 amide bonds. The van der Waals surface area contributed by atoms with Crippen molar-refractivity contribution in [2.45, 2.75) is 15.7 Å². The lowest BCUT2D eigenvalue weighted by molar-refractivity contribution is 0.0993. The van der Waals surface area contributed by atoms with Crippen LogP contribution in [0, 0.1) is 0 Å². The number of fused-ring (bicyclic) bond motifs is 1. The molecule has 0 saturated carbocycles. The van der Waals surface area contributed by atoms with Crippen LogP contribution in [0.2, 0.25) is 0 Å². The summed E-state index contributed by atoms with van der Waals surface area (Å²) >= 11 is 10.2. The third-order valence-electron chi connectivity index (χ3n) is 3.95. The van der Waals surface area contributed by atoms with Gasteiger partial charge in [0.25, 0.3) is 0 Å². The Balaban J connectivity index is 1.46. The fourth-order valence-corrected chi connectivity index (χ4v) is 6.01. The fourth-order valence-electron chi connectivity index (χ4n) is 2.67. The molecule has 0 fully saturated rings. The van der Waals surface area contributed by atoms with Crippen LogP contribution in [0.1, 0.15) is 15.9 Å². The second kappa shape index (κ2) is 8.27. The lowest BCUT2D eigenvalue weighted by Crippen LogP contribution is -2.03. The Morgan fingerprint density at radius 3 is 2.37 bits per heavy atom. The van der Waals surface area contributed by atoms with Crippen LogP contribution in [0.4, 0.5) is 0 Å². The second-order valence-corrected chi connectivity index (χ2v) is 10.1. The molecule has 0 aliphatic rings. The number of aromatic nitrogens is 1. The van der Waals surface area contributed by atoms with E-state index < -0.39 is 0 Å². The maximum Gasteiger partial charge on any atom is 0.167 e. The molecule has 0 radical (unpaired) electrons. The summed E-state index contributed by atoms with van der Waals surface area (Å²) in [6, 6.07) is 21.9. The van der Waals surface area contributed by atoms with Gasteiger partial charge in [-0.25, -0.2) is 4.98 Å². The second-order valence-electron chi connectivity index (χ2n) is 5.95. The normalized spacial score (nSPS) is 11.0. The maximum absolute atomic E-state index is 12.5. The zero-order chi connectivity index (χ0) is 18.8. The van der Waals surface area contributed by atoms with Crippen LogP contribution in [0.3, 0.4) is 0 Å². The van der Waals surface area contributed by atoms with Gasteiger partial charge in [-0.15, -0.1) is 11.3 Å². The van der Waals surface area contributed by atoms with E-state index in [0.29, 0.717) is 12.0 Å². The van der Waals surface area contributed by atoms with Crippen LogP contribution in [-0.4, -0.2) is 10.8 Å². The molecule has 0 aliphatic heterocycles. The monoisotopic (exact) mass is 517 g/mol. The molecular formula is C21H13Br2NOS2. The summed E-state index contributed by atoms with van der Waals surface area (Å²) in [6.45, 7) is 0. The minimum atomic E-state index is 0.101. The van der Waals surface area contributed by atoms with Crippen LogP contribution in [0.25, 0.3) is 10.2 Å². The minimum absolute atomic E-state index is 0.101. The van der Waals surface area contributed by atoms with Gasteiger partial charge >= 0.3 is 0 Å². The highest BCUT2D eigenvalue weighted by Crippen LogP contribution is 2.34. The van der Waals surface area contributed by atoms with Crippen LogP contribution < -0.4 is 0 Å². The Hall–Kier alpha value is -1.47. The molecular weight excluding hydrogens is 506 g/mol. The number of rotatable bonds is 5. The zero-order valence-corrected chi connectivity index (χ0v) is 18.8. The summed E-state index contributed by atoms with van der Waals surface area (Å²) in [5.41, 5.74) is 2.74. The van der Waals surface area contributed by atoms with Crippen molar-refractivity contribution in [1.82, 2.24) is 4.98 Å². The van der Waals surface area contributed by atoms with E-state index in [9.17, 15) is 4.79 Å². The van der Waals surface area contributed by atoms with Crippen LogP contribution >= 0.6 is 55.0 Å². The first-order chi connectivity index (χ1) is 13.1. The third-order valence-corrected chi connectivity index (χ3v) is 6.97. The molecule has 0 atom stereocenters. The number of carbonyl (C=O) groups is 1. The average molecular weight is 519 g/mol. The van der Waals surface area contributed by atoms with Crippen molar-refractivity contribution in [2.24, 2.45) is 0 Å². The van der Waals surface area contributed by atoms with Crippen LogP contribution in [0.5, 0.6) is 0 Å². The number of ketones is 1. The summed E-state index contributed by atoms with van der Waals surface area (Å²) < 4.78 is 4.01. The van der Waals surface area contributed by atoms with Gasteiger partial charge in [0.2, 0.25) is 0 Å². The number of carbonyl (C=O) groups excluding carboxylic acids is 1. The molecule has 2 nitrogen and oxygen atoms in total. The number of thiazole rings is 1. The number of halogens is 2. The fraction of sp³-hybridized carbons (Fsp3) is 0.0476. The van der Waals surface area contributed by atoms with E-state index in [4.69, 9.17) is 0 Å². The minimum Gasteiger partial charge on any atom is -0.294 e. The molecule has 27 heavy (non-hydrogen) atoms. The highest BCUT2D eigenvalue weighted by Gasteiger charge is 2.10. The van der Waals surface area contributed by atoms with Gasteiger partial charge in [0.05, 0.1) is 10.2 Å². The molecule has 0 saturated heterocycles. The Morgan fingerprint density at radius 2 is 1.67 bits per heavy atom. The Labute approximate surface area is 182 Å². The predicted octanol–water partition coefficient (Wildman–Crippen LogP) is 7.40. The molecule has 134 valence electrons. The number of para-hydroxylation sites is 1. The van der Waals surface area contributed by atoms with E-state index in [1.54, 1.807) is 23.1 Å². The topological polar surface area (TPSA) is 30.0 Å². The highest BCUT2D eigenvalue weighted by atomic mass is 79.9. The van der Waals surface area contributed by atoms with E-state index >= 15 is 0 Å². The predicted molar refractivity (Wildman–Crippen MR) is 120 cm³/mol. The summed E-state index contributed by atoms with van der Waals surface area (Å²) in [5.74, 6) is 0.101. The molecule has 4 aromatic rings. The molecule has 0 aliphatic carbocycles. The Kier molecular flexibility index (Phi) is 5.78. The molecule has 1 aromatic heterocycles. The summed E-state index contributed by atoms with van der Waals surface area (Å²) in [6.07, 6.45) is 0.384. The Morgan fingerprint density at radius 1 is 0.963 bits per heavy atom. The van der Waals surface area contributed by atoms with Gasteiger partial charge < -0.3 is 0 Å². The number of hydrogen-bond donors (Lipinski definition) is 0. The Bertz CT molecular complexity index is 1070. The lowest BCUT2D eigenvalue weighted by Gasteiger charge is -2.05. The first-order valence-electron chi connectivity index (χ1n) is 8.18. The first kappa shape index (κ1) is 18.9. The smallest absolute Gasteiger partial charge is 0.167 e. The van der Waals surface area contributed by atoms with Crippen LogP contribution in [-0.2, 0) is 6.42 Å². The van der Waals surface area contributed by atoms with Gasteiger partial charge in [-0.2, -0.15) is 0 Å². The zero-order valence-electron chi connectivity index (χ0n) is 14.0. The van der Waals surface area contributed by atoms with Gasteiger partial charge in [-0.1, -0.05) is 67.9 Å².